The van der Waals surface area contributed by atoms with E-state index in [-0.39, 0.29) is 6.04 Å². The Morgan fingerprint density at radius 1 is 1.30 bits per heavy atom. The molecule has 1 aromatic carbocycles. The number of ether oxygens (including phenoxy) is 2. The first-order valence-corrected chi connectivity index (χ1v) is 7.05. The molecule has 1 aliphatic rings. The summed E-state index contributed by atoms with van der Waals surface area (Å²) in [7, 11) is 1.64. The second-order valence-electron chi connectivity index (χ2n) is 5.62. The lowest BCUT2D eigenvalue weighted by molar-refractivity contribution is 0.192. The molecular weight excluding hydrogens is 252 g/mol. The van der Waals surface area contributed by atoms with Crippen molar-refractivity contribution in [1.82, 2.24) is 5.32 Å². The van der Waals surface area contributed by atoms with Gasteiger partial charge in [0.05, 0.1) is 13.2 Å². The molecule has 1 N–H and O–H groups in total. The number of hydrogen-bond acceptors (Lipinski definition) is 4. The summed E-state index contributed by atoms with van der Waals surface area (Å²) in [6.07, 6.45) is 2.19. The molecule has 1 saturated carbocycles. The van der Waals surface area contributed by atoms with Crippen LogP contribution in [0.2, 0.25) is 0 Å². The zero-order valence-electron chi connectivity index (χ0n) is 12.3. The average molecular weight is 274 g/mol. The van der Waals surface area contributed by atoms with Gasteiger partial charge in [-0.2, -0.15) is 5.26 Å². The highest BCUT2D eigenvalue weighted by Crippen LogP contribution is 2.40. The summed E-state index contributed by atoms with van der Waals surface area (Å²) in [6.45, 7) is 4.49. The summed E-state index contributed by atoms with van der Waals surface area (Å²) >= 11 is 0. The van der Waals surface area contributed by atoms with Crippen molar-refractivity contribution in [2.75, 3.05) is 13.7 Å². The van der Waals surface area contributed by atoms with Gasteiger partial charge in [-0.1, -0.05) is 0 Å². The normalized spacial score (nSPS) is 17.4. The van der Waals surface area contributed by atoms with Crippen LogP contribution in [0.1, 0.15) is 26.7 Å². The van der Waals surface area contributed by atoms with Crippen LogP contribution in [0, 0.1) is 17.2 Å². The van der Waals surface area contributed by atoms with E-state index < -0.39 is 5.54 Å². The SMILES string of the molecule is COc1ccc(OCC(C#N)(NC(C)C)C2CC2)cc1. The topological polar surface area (TPSA) is 54.3 Å². The molecule has 2 rings (SSSR count). The summed E-state index contributed by atoms with van der Waals surface area (Å²) in [5.41, 5.74) is -0.575. The largest absolute Gasteiger partial charge is 0.497 e. The molecule has 4 nitrogen and oxygen atoms in total. The zero-order chi connectivity index (χ0) is 14.6. The lowest BCUT2D eigenvalue weighted by Gasteiger charge is -2.30. The Balaban J connectivity index is 2.02. The predicted molar refractivity (Wildman–Crippen MR) is 77.8 cm³/mol. The molecule has 0 aliphatic heterocycles. The minimum absolute atomic E-state index is 0.259. The molecule has 0 aromatic heterocycles. The van der Waals surface area contributed by atoms with Crippen molar-refractivity contribution in [2.45, 2.75) is 38.3 Å². The number of nitriles is 1. The molecule has 108 valence electrons. The molecule has 4 heteroatoms. The second kappa shape index (κ2) is 6.15. The Morgan fingerprint density at radius 3 is 2.35 bits per heavy atom. The minimum atomic E-state index is -0.575. The first-order valence-electron chi connectivity index (χ1n) is 7.05. The van der Waals surface area contributed by atoms with E-state index >= 15 is 0 Å². The van der Waals surface area contributed by atoms with Gasteiger partial charge in [0, 0.05) is 6.04 Å². The van der Waals surface area contributed by atoms with Gasteiger partial charge in [0.2, 0.25) is 0 Å². The maximum Gasteiger partial charge on any atom is 0.144 e. The third-order valence-electron chi connectivity index (χ3n) is 3.55. The van der Waals surface area contributed by atoms with Gasteiger partial charge in [-0.3, -0.25) is 5.32 Å². The van der Waals surface area contributed by atoms with Crippen molar-refractivity contribution in [2.24, 2.45) is 5.92 Å². The van der Waals surface area contributed by atoms with E-state index in [9.17, 15) is 5.26 Å². The summed E-state index contributed by atoms with van der Waals surface area (Å²) in [5, 5.41) is 13.0. The van der Waals surface area contributed by atoms with Gasteiger partial charge in [-0.15, -0.1) is 0 Å². The van der Waals surface area contributed by atoms with Gasteiger partial charge in [0.25, 0.3) is 0 Å². The van der Waals surface area contributed by atoms with Crippen LogP contribution in [0.3, 0.4) is 0 Å². The van der Waals surface area contributed by atoms with Crippen molar-refractivity contribution in [3.63, 3.8) is 0 Å². The Morgan fingerprint density at radius 2 is 1.90 bits per heavy atom. The van der Waals surface area contributed by atoms with E-state index in [1.165, 1.54) is 0 Å². The van der Waals surface area contributed by atoms with Crippen LogP contribution in [0.4, 0.5) is 0 Å². The molecule has 20 heavy (non-hydrogen) atoms. The molecule has 0 bridgehead atoms. The second-order valence-corrected chi connectivity index (χ2v) is 5.62. The highest BCUT2D eigenvalue weighted by atomic mass is 16.5. The van der Waals surface area contributed by atoms with Crippen LogP contribution in [-0.2, 0) is 0 Å². The van der Waals surface area contributed by atoms with Gasteiger partial charge in [-0.05, 0) is 56.9 Å². The van der Waals surface area contributed by atoms with Crippen molar-refractivity contribution >= 4 is 0 Å². The lowest BCUT2D eigenvalue weighted by atomic mass is 9.95. The monoisotopic (exact) mass is 274 g/mol. The molecule has 0 heterocycles. The fraction of sp³-hybridized carbons (Fsp3) is 0.562. The van der Waals surface area contributed by atoms with Crippen LogP contribution in [0.5, 0.6) is 11.5 Å². The van der Waals surface area contributed by atoms with Crippen LogP contribution >= 0.6 is 0 Å². The summed E-state index contributed by atoms with van der Waals surface area (Å²) in [4.78, 5) is 0. The number of hydrogen-bond donors (Lipinski definition) is 1. The van der Waals surface area contributed by atoms with Gasteiger partial charge >= 0.3 is 0 Å². The summed E-state index contributed by atoms with van der Waals surface area (Å²) in [6, 6.07) is 10.1. The smallest absolute Gasteiger partial charge is 0.144 e. The van der Waals surface area contributed by atoms with Gasteiger partial charge in [0.15, 0.2) is 0 Å². The van der Waals surface area contributed by atoms with E-state index in [2.05, 4.69) is 25.2 Å². The molecular formula is C16H22N2O2. The first kappa shape index (κ1) is 14.7. The van der Waals surface area contributed by atoms with E-state index in [0.29, 0.717) is 12.5 Å². The van der Waals surface area contributed by atoms with E-state index in [4.69, 9.17) is 9.47 Å². The molecule has 0 amide bonds. The number of rotatable bonds is 7. The Hall–Kier alpha value is -1.73. The molecule has 0 saturated heterocycles. The summed E-state index contributed by atoms with van der Waals surface area (Å²) < 4.78 is 10.9. The molecule has 1 atom stereocenters. The molecule has 0 spiro atoms. The van der Waals surface area contributed by atoms with Crippen LogP contribution in [0.25, 0.3) is 0 Å². The maximum absolute atomic E-state index is 9.58. The molecule has 0 radical (unpaired) electrons. The van der Waals surface area contributed by atoms with Crippen molar-refractivity contribution < 1.29 is 9.47 Å². The Labute approximate surface area is 120 Å². The summed E-state index contributed by atoms with van der Waals surface area (Å²) in [5.74, 6) is 1.95. The lowest BCUT2D eigenvalue weighted by Crippen LogP contribution is -2.53. The molecule has 1 fully saturated rings. The van der Waals surface area contributed by atoms with Crippen molar-refractivity contribution in [3.8, 4) is 17.6 Å². The number of nitrogens with zero attached hydrogens (tertiary/aromatic N) is 1. The van der Waals surface area contributed by atoms with Crippen molar-refractivity contribution in [1.29, 1.82) is 5.26 Å². The van der Waals surface area contributed by atoms with Crippen LogP contribution in [-0.4, -0.2) is 25.3 Å². The van der Waals surface area contributed by atoms with Gasteiger partial charge in [0.1, 0.15) is 23.6 Å². The highest BCUT2D eigenvalue weighted by molar-refractivity contribution is 5.31. The number of methoxy groups -OCH3 is 1. The number of benzene rings is 1. The fourth-order valence-corrected chi connectivity index (χ4v) is 2.39. The van der Waals surface area contributed by atoms with E-state index in [0.717, 1.165) is 24.3 Å². The molecule has 1 aromatic rings. The minimum Gasteiger partial charge on any atom is -0.497 e. The average Bonchev–Trinajstić information content (AvgIpc) is 3.28. The van der Waals surface area contributed by atoms with E-state index in [1.54, 1.807) is 7.11 Å². The van der Waals surface area contributed by atoms with Gasteiger partial charge in [-0.25, -0.2) is 0 Å². The molecule has 1 aliphatic carbocycles. The highest BCUT2D eigenvalue weighted by Gasteiger charge is 2.46. The third kappa shape index (κ3) is 3.43. The predicted octanol–water partition coefficient (Wildman–Crippen LogP) is 2.74. The van der Waals surface area contributed by atoms with Crippen LogP contribution < -0.4 is 14.8 Å². The van der Waals surface area contributed by atoms with Gasteiger partial charge < -0.3 is 9.47 Å². The van der Waals surface area contributed by atoms with Crippen LogP contribution in [0.15, 0.2) is 24.3 Å². The quantitative estimate of drug-likeness (QED) is 0.830. The molecule has 1 unspecified atom stereocenters. The standard InChI is InChI=1S/C16H22N2O2/c1-12(2)18-16(10-17,13-4-5-13)11-20-15-8-6-14(19-3)7-9-15/h6-9,12-13,18H,4-5,11H2,1-3H3. The fourth-order valence-electron chi connectivity index (χ4n) is 2.39. The maximum atomic E-state index is 9.58. The third-order valence-corrected chi connectivity index (χ3v) is 3.55. The number of nitrogens with one attached hydrogen (secondary N) is 1. The Bertz CT molecular complexity index is 474. The van der Waals surface area contributed by atoms with Crippen molar-refractivity contribution in [3.05, 3.63) is 24.3 Å². The Kier molecular flexibility index (Phi) is 4.51. The zero-order valence-corrected chi connectivity index (χ0v) is 12.3. The first-order chi connectivity index (χ1) is 9.59. The van der Waals surface area contributed by atoms with E-state index in [1.807, 2.05) is 24.3 Å².